The maximum Gasteiger partial charge on any atom is 0.387 e. The predicted molar refractivity (Wildman–Crippen MR) is 67.6 cm³/mol. The topological polar surface area (TPSA) is 50.7 Å². The summed E-state index contributed by atoms with van der Waals surface area (Å²) in [6, 6.07) is 5.05. The van der Waals surface area contributed by atoms with Crippen molar-refractivity contribution in [3.8, 4) is 11.5 Å². The van der Waals surface area contributed by atoms with E-state index in [0.29, 0.717) is 18.5 Å². The Labute approximate surface area is 111 Å². The Hall–Kier alpha value is -1.40. The zero-order valence-electron chi connectivity index (χ0n) is 11.0. The molecule has 19 heavy (non-hydrogen) atoms. The lowest BCUT2D eigenvalue weighted by Crippen LogP contribution is -2.26. The van der Waals surface area contributed by atoms with Crippen molar-refractivity contribution in [2.75, 3.05) is 13.7 Å². The van der Waals surface area contributed by atoms with E-state index in [9.17, 15) is 8.78 Å². The van der Waals surface area contributed by atoms with E-state index in [2.05, 4.69) is 10.1 Å². The second kappa shape index (κ2) is 7.91. The number of ether oxygens (including phenoxy) is 2. The molecular weight excluding hydrogens is 256 g/mol. The van der Waals surface area contributed by atoms with Crippen LogP contribution in [0.3, 0.4) is 0 Å². The van der Waals surface area contributed by atoms with Crippen LogP contribution in [0.15, 0.2) is 18.2 Å². The van der Waals surface area contributed by atoms with Gasteiger partial charge < -0.3 is 19.9 Å². The van der Waals surface area contributed by atoms with Gasteiger partial charge in [-0.15, -0.1) is 0 Å². The number of hydrogen-bond acceptors (Lipinski definition) is 4. The first-order chi connectivity index (χ1) is 9.08. The van der Waals surface area contributed by atoms with Crippen LogP contribution in [0.1, 0.15) is 18.9 Å². The first-order valence-electron chi connectivity index (χ1n) is 6.03. The molecule has 0 saturated heterocycles. The average Bonchev–Trinajstić information content (AvgIpc) is 2.37. The van der Waals surface area contributed by atoms with Gasteiger partial charge in [-0.05, 0) is 19.4 Å². The Kier molecular flexibility index (Phi) is 6.52. The molecule has 0 fully saturated rings. The van der Waals surface area contributed by atoms with Gasteiger partial charge in [0.15, 0.2) is 11.5 Å². The van der Waals surface area contributed by atoms with Gasteiger partial charge in [-0.25, -0.2) is 0 Å². The van der Waals surface area contributed by atoms with Gasteiger partial charge in [-0.2, -0.15) is 8.78 Å². The summed E-state index contributed by atoms with van der Waals surface area (Å²) in [6.07, 6.45) is 0.592. The summed E-state index contributed by atoms with van der Waals surface area (Å²) in [5.41, 5.74) is 0.587. The van der Waals surface area contributed by atoms with Crippen molar-refractivity contribution >= 4 is 0 Å². The maximum atomic E-state index is 12.4. The standard InChI is InChI=1S/C13H19F2NO3/c1-9(6-7-17)16-8-10-4-3-5-11(18-2)12(10)19-13(14)15/h3-5,9,13,16-17H,6-8H2,1-2H3/t9-/m1/s1. The molecule has 1 rings (SSSR count). The minimum Gasteiger partial charge on any atom is -0.493 e. The fraction of sp³-hybridized carbons (Fsp3) is 0.538. The van der Waals surface area contributed by atoms with Crippen molar-refractivity contribution in [1.29, 1.82) is 0 Å². The quantitative estimate of drug-likeness (QED) is 0.763. The maximum absolute atomic E-state index is 12.4. The van der Waals surface area contributed by atoms with Gasteiger partial charge in [0.25, 0.3) is 0 Å². The van der Waals surface area contributed by atoms with E-state index < -0.39 is 6.61 Å². The highest BCUT2D eigenvalue weighted by Crippen LogP contribution is 2.32. The van der Waals surface area contributed by atoms with Gasteiger partial charge in [0.05, 0.1) is 7.11 Å². The molecule has 4 nitrogen and oxygen atoms in total. The van der Waals surface area contributed by atoms with E-state index in [-0.39, 0.29) is 24.1 Å². The van der Waals surface area contributed by atoms with Crippen LogP contribution in [0.2, 0.25) is 0 Å². The van der Waals surface area contributed by atoms with Crippen LogP contribution < -0.4 is 14.8 Å². The number of methoxy groups -OCH3 is 1. The number of nitrogens with one attached hydrogen (secondary N) is 1. The van der Waals surface area contributed by atoms with E-state index in [0.717, 1.165) is 0 Å². The van der Waals surface area contributed by atoms with E-state index in [4.69, 9.17) is 9.84 Å². The number of aliphatic hydroxyl groups is 1. The number of benzene rings is 1. The third kappa shape index (κ3) is 5.00. The highest BCUT2D eigenvalue weighted by atomic mass is 19.3. The molecular formula is C13H19F2NO3. The smallest absolute Gasteiger partial charge is 0.387 e. The first kappa shape index (κ1) is 15.7. The van der Waals surface area contributed by atoms with Gasteiger partial charge in [0, 0.05) is 24.8 Å². The molecule has 0 aromatic heterocycles. The third-order valence-electron chi connectivity index (χ3n) is 2.69. The Bertz CT molecular complexity index is 388. The Morgan fingerprint density at radius 1 is 1.37 bits per heavy atom. The minimum absolute atomic E-state index is 0.0451. The van der Waals surface area contributed by atoms with Crippen LogP contribution in [0.5, 0.6) is 11.5 Å². The average molecular weight is 275 g/mol. The summed E-state index contributed by atoms with van der Waals surface area (Å²) in [5, 5.41) is 11.9. The summed E-state index contributed by atoms with van der Waals surface area (Å²) in [7, 11) is 1.40. The van der Waals surface area contributed by atoms with Crippen LogP contribution in [0.25, 0.3) is 0 Å². The summed E-state index contributed by atoms with van der Waals surface area (Å²) in [4.78, 5) is 0. The van der Waals surface area contributed by atoms with Crippen molar-refractivity contribution in [3.63, 3.8) is 0 Å². The van der Waals surface area contributed by atoms with Crippen LogP contribution in [0.4, 0.5) is 8.78 Å². The van der Waals surface area contributed by atoms with Gasteiger partial charge in [0.1, 0.15) is 0 Å². The number of halogens is 2. The molecule has 0 aliphatic heterocycles. The zero-order valence-corrected chi connectivity index (χ0v) is 11.0. The van der Waals surface area contributed by atoms with Gasteiger partial charge >= 0.3 is 6.61 Å². The summed E-state index contributed by atoms with van der Waals surface area (Å²) >= 11 is 0. The predicted octanol–water partition coefficient (Wildman–Crippen LogP) is 2.16. The molecule has 0 amide bonds. The number of aliphatic hydroxyl groups excluding tert-OH is 1. The van der Waals surface area contributed by atoms with E-state index >= 15 is 0 Å². The van der Waals surface area contributed by atoms with Crippen LogP contribution >= 0.6 is 0 Å². The highest BCUT2D eigenvalue weighted by Gasteiger charge is 2.15. The molecule has 0 aliphatic carbocycles. The largest absolute Gasteiger partial charge is 0.493 e. The van der Waals surface area contributed by atoms with Gasteiger partial charge in [0.2, 0.25) is 0 Å². The number of alkyl halides is 2. The van der Waals surface area contributed by atoms with Crippen LogP contribution in [-0.2, 0) is 6.54 Å². The van der Waals surface area contributed by atoms with E-state index in [1.165, 1.54) is 7.11 Å². The number of para-hydroxylation sites is 1. The molecule has 0 saturated carbocycles. The molecule has 1 atom stereocenters. The third-order valence-corrected chi connectivity index (χ3v) is 2.69. The van der Waals surface area contributed by atoms with Crippen molar-refractivity contribution in [1.82, 2.24) is 5.32 Å². The van der Waals surface area contributed by atoms with Gasteiger partial charge in [-0.3, -0.25) is 0 Å². The van der Waals surface area contributed by atoms with E-state index in [1.54, 1.807) is 18.2 Å². The molecule has 0 bridgehead atoms. The molecule has 0 spiro atoms. The summed E-state index contributed by atoms with van der Waals surface area (Å²) in [5.74, 6) is 0.318. The van der Waals surface area contributed by atoms with Crippen molar-refractivity contribution in [2.45, 2.75) is 32.5 Å². The van der Waals surface area contributed by atoms with Crippen LogP contribution in [-0.4, -0.2) is 31.5 Å². The molecule has 0 heterocycles. The fourth-order valence-electron chi connectivity index (χ4n) is 1.66. The summed E-state index contributed by atoms with van der Waals surface area (Å²) in [6.45, 7) is -0.554. The number of hydrogen-bond donors (Lipinski definition) is 2. The lowest BCUT2D eigenvalue weighted by Gasteiger charge is -2.17. The lowest BCUT2D eigenvalue weighted by atomic mass is 10.1. The Morgan fingerprint density at radius 2 is 2.11 bits per heavy atom. The van der Waals surface area contributed by atoms with Crippen molar-refractivity contribution < 1.29 is 23.4 Å². The lowest BCUT2D eigenvalue weighted by molar-refractivity contribution is -0.0518. The zero-order chi connectivity index (χ0) is 14.3. The molecule has 0 aliphatic rings. The molecule has 108 valence electrons. The second-order valence-electron chi connectivity index (χ2n) is 4.12. The first-order valence-corrected chi connectivity index (χ1v) is 6.03. The Balaban J connectivity index is 2.80. The highest BCUT2D eigenvalue weighted by molar-refractivity contribution is 5.46. The molecule has 1 aromatic rings. The normalized spacial score (nSPS) is 12.5. The fourth-order valence-corrected chi connectivity index (χ4v) is 1.66. The van der Waals surface area contributed by atoms with Crippen molar-refractivity contribution in [2.24, 2.45) is 0 Å². The molecule has 2 N–H and O–H groups in total. The van der Waals surface area contributed by atoms with Crippen molar-refractivity contribution in [3.05, 3.63) is 23.8 Å². The number of rotatable bonds is 8. The Morgan fingerprint density at radius 3 is 2.68 bits per heavy atom. The minimum atomic E-state index is -2.90. The summed E-state index contributed by atoms with van der Waals surface area (Å²) < 4.78 is 34.3. The monoisotopic (exact) mass is 275 g/mol. The molecule has 1 aromatic carbocycles. The van der Waals surface area contributed by atoms with Gasteiger partial charge in [-0.1, -0.05) is 12.1 Å². The second-order valence-corrected chi connectivity index (χ2v) is 4.12. The molecule has 0 unspecified atom stereocenters. The molecule has 0 radical (unpaired) electrons. The molecule has 6 heteroatoms. The van der Waals surface area contributed by atoms with Crippen LogP contribution in [0, 0.1) is 0 Å². The SMILES string of the molecule is COc1cccc(CN[C@H](C)CCO)c1OC(F)F. The van der Waals surface area contributed by atoms with E-state index in [1.807, 2.05) is 6.92 Å².